The van der Waals surface area contributed by atoms with Crippen LogP contribution in [0, 0.1) is 19.7 Å². The van der Waals surface area contributed by atoms with Gasteiger partial charge in [-0.3, -0.25) is 9.79 Å². The summed E-state index contributed by atoms with van der Waals surface area (Å²) in [6.07, 6.45) is 2.19. The summed E-state index contributed by atoms with van der Waals surface area (Å²) in [6.45, 7) is 9.28. The third kappa shape index (κ3) is 7.68. The second-order valence-electron chi connectivity index (χ2n) is 6.68. The first-order valence-electron chi connectivity index (χ1n) is 9.55. The summed E-state index contributed by atoms with van der Waals surface area (Å²) in [5.41, 5.74) is 2.30. The molecule has 0 bridgehead atoms. The maximum absolute atomic E-state index is 13.8. The molecule has 1 heterocycles. The predicted octanol–water partition coefficient (Wildman–Crippen LogP) is 4.09. The van der Waals surface area contributed by atoms with Crippen LogP contribution in [-0.4, -0.2) is 31.5 Å². The Morgan fingerprint density at radius 1 is 1.21 bits per heavy atom. The van der Waals surface area contributed by atoms with Crippen LogP contribution >= 0.6 is 24.0 Å². The molecule has 0 aliphatic carbocycles. The molecule has 0 aliphatic heterocycles. The van der Waals surface area contributed by atoms with Gasteiger partial charge < -0.3 is 20.4 Å². The lowest BCUT2D eigenvalue weighted by Gasteiger charge is -2.18. The van der Waals surface area contributed by atoms with E-state index in [1.54, 1.807) is 25.1 Å². The number of furan rings is 1. The van der Waals surface area contributed by atoms with Crippen LogP contribution in [0.4, 0.5) is 4.39 Å². The highest BCUT2D eigenvalue weighted by molar-refractivity contribution is 14.0. The molecule has 0 aliphatic rings. The van der Waals surface area contributed by atoms with Crippen molar-refractivity contribution in [1.82, 2.24) is 16.0 Å². The maximum Gasteiger partial charge on any atom is 0.287 e. The molecule has 1 atom stereocenters. The van der Waals surface area contributed by atoms with Crippen LogP contribution in [0.5, 0.6) is 0 Å². The van der Waals surface area contributed by atoms with Gasteiger partial charge in [0.2, 0.25) is 0 Å². The first kappa shape index (κ1) is 24.9. The van der Waals surface area contributed by atoms with E-state index in [0.717, 1.165) is 17.7 Å². The van der Waals surface area contributed by atoms with Gasteiger partial charge in [0.15, 0.2) is 11.7 Å². The SMILES string of the molecule is CCNC(=NCCCNC(=O)c1occc1C)NC(C)c1ccc(C)c(F)c1.I. The number of hydrogen-bond acceptors (Lipinski definition) is 3. The Labute approximate surface area is 188 Å². The molecular weight excluding hydrogens is 486 g/mol. The molecule has 2 rings (SSSR count). The Hall–Kier alpha value is -2.10. The molecule has 0 radical (unpaired) electrons. The van der Waals surface area contributed by atoms with Crippen molar-refractivity contribution in [2.45, 2.75) is 40.2 Å². The zero-order valence-corrected chi connectivity index (χ0v) is 19.7. The first-order valence-corrected chi connectivity index (χ1v) is 9.55. The molecule has 29 heavy (non-hydrogen) atoms. The highest BCUT2D eigenvalue weighted by Gasteiger charge is 2.12. The Kier molecular flexibility index (Phi) is 10.7. The summed E-state index contributed by atoms with van der Waals surface area (Å²) < 4.78 is 19.0. The standard InChI is InChI=1S/C21H29FN4O2.HI/c1-5-23-21(26-16(4)17-8-7-14(2)18(22)13-17)25-11-6-10-24-20(27)19-15(3)9-12-28-19;/h7-9,12-13,16H,5-6,10-11H2,1-4H3,(H,24,27)(H2,23,25,26);1H. The van der Waals surface area contributed by atoms with Crippen molar-refractivity contribution >= 4 is 35.8 Å². The molecule has 3 N–H and O–H groups in total. The van der Waals surface area contributed by atoms with Crippen molar-refractivity contribution in [2.75, 3.05) is 19.6 Å². The van der Waals surface area contributed by atoms with Gasteiger partial charge in [-0.2, -0.15) is 0 Å². The molecule has 2 aromatic rings. The number of aryl methyl sites for hydroxylation is 2. The Morgan fingerprint density at radius 2 is 1.97 bits per heavy atom. The lowest BCUT2D eigenvalue weighted by Crippen LogP contribution is -2.39. The van der Waals surface area contributed by atoms with Gasteiger partial charge in [0.25, 0.3) is 5.91 Å². The van der Waals surface area contributed by atoms with Crippen molar-refractivity contribution in [3.63, 3.8) is 0 Å². The molecule has 1 unspecified atom stereocenters. The van der Waals surface area contributed by atoms with Gasteiger partial charge in [0, 0.05) is 25.2 Å². The van der Waals surface area contributed by atoms with Crippen molar-refractivity contribution < 1.29 is 13.6 Å². The molecule has 1 amide bonds. The van der Waals surface area contributed by atoms with E-state index in [0.29, 0.717) is 36.8 Å². The van der Waals surface area contributed by atoms with Gasteiger partial charge >= 0.3 is 0 Å². The third-order valence-electron chi connectivity index (χ3n) is 4.35. The van der Waals surface area contributed by atoms with Crippen molar-refractivity contribution in [2.24, 2.45) is 4.99 Å². The van der Waals surface area contributed by atoms with Gasteiger partial charge in [-0.15, -0.1) is 24.0 Å². The fourth-order valence-corrected chi connectivity index (χ4v) is 2.64. The van der Waals surface area contributed by atoms with Crippen LogP contribution in [-0.2, 0) is 0 Å². The van der Waals surface area contributed by atoms with Gasteiger partial charge in [-0.1, -0.05) is 12.1 Å². The minimum absolute atomic E-state index is 0. The summed E-state index contributed by atoms with van der Waals surface area (Å²) >= 11 is 0. The van der Waals surface area contributed by atoms with E-state index < -0.39 is 0 Å². The minimum atomic E-state index is -0.216. The van der Waals surface area contributed by atoms with Gasteiger partial charge in [0.05, 0.1) is 12.3 Å². The third-order valence-corrected chi connectivity index (χ3v) is 4.35. The van der Waals surface area contributed by atoms with Crippen molar-refractivity contribution in [3.05, 3.63) is 58.8 Å². The Morgan fingerprint density at radius 3 is 2.59 bits per heavy atom. The number of guanidine groups is 1. The van der Waals surface area contributed by atoms with E-state index in [2.05, 4.69) is 20.9 Å². The average molecular weight is 516 g/mol. The molecular formula is C21H30FIN4O2. The average Bonchev–Trinajstić information content (AvgIpc) is 3.09. The molecule has 8 heteroatoms. The fraction of sp³-hybridized carbons (Fsp3) is 0.429. The summed E-state index contributed by atoms with van der Waals surface area (Å²) in [7, 11) is 0. The number of hydrogen-bond donors (Lipinski definition) is 3. The zero-order valence-electron chi connectivity index (χ0n) is 17.3. The van der Waals surface area contributed by atoms with E-state index >= 15 is 0 Å². The van der Waals surface area contributed by atoms with E-state index in [1.165, 1.54) is 6.26 Å². The summed E-state index contributed by atoms with van der Waals surface area (Å²) in [5, 5.41) is 9.29. The molecule has 0 spiro atoms. The predicted molar refractivity (Wildman–Crippen MR) is 124 cm³/mol. The Bertz CT molecular complexity index is 823. The number of nitrogens with one attached hydrogen (secondary N) is 3. The number of nitrogens with zero attached hydrogens (tertiary/aromatic N) is 1. The molecule has 0 saturated carbocycles. The second-order valence-corrected chi connectivity index (χ2v) is 6.68. The number of halogens is 2. The molecule has 1 aromatic carbocycles. The number of amides is 1. The fourth-order valence-electron chi connectivity index (χ4n) is 2.64. The van der Waals surface area contributed by atoms with Gasteiger partial charge in [-0.25, -0.2) is 4.39 Å². The van der Waals surface area contributed by atoms with Crippen LogP contribution in [0.2, 0.25) is 0 Å². The second kappa shape index (κ2) is 12.5. The summed E-state index contributed by atoms with van der Waals surface area (Å²) in [5.74, 6) is 0.573. The molecule has 0 fully saturated rings. The first-order chi connectivity index (χ1) is 13.4. The monoisotopic (exact) mass is 516 g/mol. The quantitative estimate of drug-likeness (QED) is 0.214. The highest BCUT2D eigenvalue weighted by atomic mass is 127. The van der Waals surface area contributed by atoms with Crippen LogP contribution < -0.4 is 16.0 Å². The lowest BCUT2D eigenvalue weighted by molar-refractivity contribution is 0.0925. The Balaban J connectivity index is 0.00000420. The van der Waals surface area contributed by atoms with Crippen molar-refractivity contribution in [3.8, 4) is 0 Å². The van der Waals surface area contributed by atoms with E-state index in [9.17, 15) is 9.18 Å². The van der Waals surface area contributed by atoms with E-state index in [4.69, 9.17) is 4.42 Å². The van der Waals surface area contributed by atoms with E-state index in [1.807, 2.05) is 26.8 Å². The lowest BCUT2D eigenvalue weighted by atomic mass is 10.1. The zero-order chi connectivity index (χ0) is 20.5. The number of aliphatic imine (C=N–C) groups is 1. The largest absolute Gasteiger partial charge is 0.459 e. The maximum atomic E-state index is 13.8. The minimum Gasteiger partial charge on any atom is -0.459 e. The molecule has 1 aromatic heterocycles. The van der Waals surface area contributed by atoms with Crippen LogP contribution in [0.1, 0.15) is 53.6 Å². The topological polar surface area (TPSA) is 78.7 Å². The van der Waals surface area contributed by atoms with Crippen molar-refractivity contribution in [1.29, 1.82) is 0 Å². The number of carbonyl (C=O) groups excluding carboxylic acids is 1. The molecule has 0 saturated heterocycles. The van der Waals surface area contributed by atoms with Crippen LogP contribution in [0.25, 0.3) is 0 Å². The summed E-state index contributed by atoms with van der Waals surface area (Å²) in [6, 6.07) is 6.90. The van der Waals surface area contributed by atoms with Crippen LogP contribution in [0.3, 0.4) is 0 Å². The normalized spacial score (nSPS) is 12.1. The van der Waals surface area contributed by atoms with E-state index in [-0.39, 0.29) is 41.7 Å². The number of rotatable bonds is 8. The molecule has 6 nitrogen and oxygen atoms in total. The smallest absolute Gasteiger partial charge is 0.287 e. The highest BCUT2D eigenvalue weighted by Crippen LogP contribution is 2.16. The van der Waals surface area contributed by atoms with Gasteiger partial charge in [-0.05, 0) is 57.4 Å². The van der Waals surface area contributed by atoms with Gasteiger partial charge in [0.1, 0.15) is 5.82 Å². The van der Waals surface area contributed by atoms with Crippen LogP contribution in [0.15, 0.2) is 39.9 Å². The summed E-state index contributed by atoms with van der Waals surface area (Å²) in [4.78, 5) is 16.5. The number of carbonyl (C=O) groups is 1. The number of benzene rings is 1. The molecule has 160 valence electrons.